The molecule has 5 aromatic rings. The second-order valence-corrected chi connectivity index (χ2v) is 8.14. The Morgan fingerprint density at radius 1 is 0.941 bits per heavy atom. The van der Waals surface area contributed by atoms with E-state index < -0.39 is 18.5 Å². The molecule has 0 atom stereocenters. The van der Waals surface area contributed by atoms with E-state index in [1.807, 2.05) is 80.6 Å². The number of benzene rings is 4. The number of fused-ring (bicyclic) bond motifs is 2. The second kappa shape index (κ2) is 8.83. The molecule has 0 radical (unpaired) electrons. The van der Waals surface area contributed by atoms with Crippen molar-refractivity contribution in [2.45, 2.75) is 13.8 Å². The van der Waals surface area contributed by atoms with Crippen molar-refractivity contribution in [2.24, 2.45) is 0 Å². The fraction of sp³-hybridized carbons (Fsp3) is 0.107. The molecule has 0 aliphatic carbocycles. The molecule has 0 aliphatic rings. The molecule has 0 unspecified atom stereocenters. The molecule has 4 aromatic carbocycles. The Hall–Kier alpha value is -4.45. The summed E-state index contributed by atoms with van der Waals surface area (Å²) in [4.78, 5) is 30.0. The fourth-order valence-electron chi connectivity index (χ4n) is 4.03. The van der Waals surface area contributed by atoms with Gasteiger partial charge in [-0.05, 0) is 55.1 Å². The topological polar surface area (TPSA) is 81.4 Å². The van der Waals surface area contributed by atoms with E-state index in [1.54, 1.807) is 12.1 Å². The van der Waals surface area contributed by atoms with E-state index in [0.717, 1.165) is 22.0 Å². The number of nitrogens with zero attached hydrogens (tertiary/aromatic N) is 1. The summed E-state index contributed by atoms with van der Waals surface area (Å²) in [6, 6.07) is 24.2. The monoisotopic (exact) mass is 450 g/mol. The minimum Gasteiger partial charge on any atom is -0.452 e. The lowest BCUT2D eigenvalue weighted by molar-refractivity contribution is -0.119. The Balaban J connectivity index is 1.42. The lowest BCUT2D eigenvalue weighted by Crippen LogP contribution is -2.21. The summed E-state index contributed by atoms with van der Waals surface area (Å²) in [5.74, 6) is -0.579. The molecule has 1 amide bonds. The smallest absolute Gasteiger partial charge is 0.339 e. The summed E-state index contributed by atoms with van der Waals surface area (Å²) in [6.07, 6.45) is 0. The maximum Gasteiger partial charge on any atom is 0.339 e. The van der Waals surface area contributed by atoms with Crippen LogP contribution in [-0.2, 0) is 9.53 Å². The first-order valence-corrected chi connectivity index (χ1v) is 10.9. The van der Waals surface area contributed by atoms with Crippen LogP contribution < -0.4 is 5.32 Å². The summed E-state index contributed by atoms with van der Waals surface area (Å²) >= 11 is 0. The van der Waals surface area contributed by atoms with Gasteiger partial charge in [-0.1, -0.05) is 54.1 Å². The van der Waals surface area contributed by atoms with Crippen LogP contribution in [-0.4, -0.2) is 23.5 Å². The minimum absolute atomic E-state index is 0.342. The molecule has 0 fully saturated rings. The number of carbonyl (C=O) groups is 2. The number of rotatable bonds is 5. The first kappa shape index (κ1) is 21.4. The Bertz CT molecular complexity index is 1510. The highest BCUT2D eigenvalue weighted by molar-refractivity contribution is 6.10. The number of ether oxygens (including phenoxy) is 1. The maximum atomic E-state index is 13.0. The predicted octanol–water partition coefficient (Wildman–Crippen LogP) is 6.06. The van der Waals surface area contributed by atoms with Crippen molar-refractivity contribution < 1.29 is 18.7 Å². The van der Waals surface area contributed by atoms with Gasteiger partial charge in [0.15, 0.2) is 12.2 Å². The highest BCUT2D eigenvalue weighted by Gasteiger charge is 2.19. The van der Waals surface area contributed by atoms with Crippen molar-refractivity contribution in [3.63, 3.8) is 0 Å². The number of oxazole rings is 1. The molecule has 0 spiro atoms. The van der Waals surface area contributed by atoms with Gasteiger partial charge in [-0.2, -0.15) is 0 Å². The number of aromatic nitrogens is 1. The van der Waals surface area contributed by atoms with Crippen molar-refractivity contribution in [2.75, 3.05) is 11.9 Å². The summed E-state index contributed by atoms with van der Waals surface area (Å²) in [5.41, 5.74) is 5.16. The van der Waals surface area contributed by atoms with Gasteiger partial charge in [-0.25, -0.2) is 9.78 Å². The number of nitrogens with one attached hydrogen (secondary N) is 1. The second-order valence-electron chi connectivity index (χ2n) is 8.14. The molecule has 6 nitrogen and oxygen atoms in total. The number of carbonyl (C=O) groups excluding carboxylic acids is 2. The normalized spacial score (nSPS) is 11.0. The average Bonchev–Trinajstić information content (AvgIpc) is 3.28. The highest BCUT2D eigenvalue weighted by atomic mass is 16.5. The van der Waals surface area contributed by atoms with Crippen molar-refractivity contribution in [3.05, 3.63) is 95.6 Å². The Morgan fingerprint density at radius 2 is 1.74 bits per heavy atom. The van der Waals surface area contributed by atoms with Crippen LogP contribution in [0.2, 0.25) is 0 Å². The number of hydrogen-bond donors (Lipinski definition) is 1. The predicted molar refractivity (Wildman–Crippen MR) is 132 cm³/mol. The summed E-state index contributed by atoms with van der Waals surface area (Å²) < 4.78 is 11.3. The largest absolute Gasteiger partial charge is 0.452 e. The van der Waals surface area contributed by atoms with E-state index in [9.17, 15) is 9.59 Å². The summed E-state index contributed by atoms with van der Waals surface area (Å²) in [6.45, 7) is 3.51. The standard InChI is InChI=1S/C28H22N2O4/c1-17-13-14-22(18(2)15-17)29-25(31)16-33-28(32)21-10-6-8-19-7-5-9-20(26(19)21)27-30-23-11-3-4-12-24(23)34-27/h3-15H,16H2,1-2H3,(H,29,31). The lowest BCUT2D eigenvalue weighted by atomic mass is 9.99. The van der Waals surface area contributed by atoms with E-state index in [-0.39, 0.29) is 0 Å². The zero-order valence-corrected chi connectivity index (χ0v) is 18.8. The number of esters is 1. The van der Waals surface area contributed by atoms with Crippen LogP contribution >= 0.6 is 0 Å². The number of aryl methyl sites for hydroxylation is 2. The molecule has 168 valence electrons. The van der Waals surface area contributed by atoms with Gasteiger partial charge < -0.3 is 14.5 Å². The number of hydrogen-bond acceptors (Lipinski definition) is 5. The van der Waals surface area contributed by atoms with Crippen LogP contribution in [0.1, 0.15) is 21.5 Å². The quantitative estimate of drug-likeness (QED) is 0.329. The third-order valence-electron chi connectivity index (χ3n) is 5.64. The van der Waals surface area contributed by atoms with E-state index in [2.05, 4.69) is 10.3 Å². The van der Waals surface area contributed by atoms with Gasteiger partial charge in [0.2, 0.25) is 5.89 Å². The van der Waals surface area contributed by atoms with E-state index in [4.69, 9.17) is 9.15 Å². The van der Waals surface area contributed by atoms with Gasteiger partial charge in [0.05, 0.1) is 5.56 Å². The number of anilines is 1. The summed E-state index contributed by atoms with van der Waals surface area (Å²) in [5, 5.41) is 4.30. The first-order valence-electron chi connectivity index (χ1n) is 10.9. The Morgan fingerprint density at radius 3 is 2.53 bits per heavy atom. The lowest BCUT2D eigenvalue weighted by Gasteiger charge is -2.11. The zero-order valence-electron chi connectivity index (χ0n) is 18.8. The maximum absolute atomic E-state index is 13.0. The molecule has 6 heteroatoms. The molecule has 1 N–H and O–H groups in total. The van der Waals surface area contributed by atoms with Crippen LogP contribution in [0.25, 0.3) is 33.3 Å². The Labute approximate surface area is 196 Å². The highest BCUT2D eigenvalue weighted by Crippen LogP contribution is 2.33. The van der Waals surface area contributed by atoms with Crippen LogP contribution in [0, 0.1) is 13.8 Å². The van der Waals surface area contributed by atoms with Crippen LogP contribution in [0.3, 0.4) is 0 Å². The number of para-hydroxylation sites is 2. The average molecular weight is 450 g/mol. The van der Waals surface area contributed by atoms with Crippen molar-refractivity contribution in [1.82, 2.24) is 4.98 Å². The molecule has 0 saturated heterocycles. The molecule has 0 aliphatic heterocycles. The third-order valence-corrected chi connectivity index (χ3v) is 5.64. The molecule has 1 heterocycles. The molecule has 34 heavy (non-hydrogen) atoms. The van der Waals surface area contributed by atoms with Gasteiger partial charge in [0.25, 0.3) is 5.91 Å². The molecule has 0 saturated carbocycles. The number of amides is 1. The van der Waals surface area contributed by atoms with Gasteiger partial charge in [-0.3, -0.25) is 4.79 Å². The molecule has 0 bridgehead atoms. The first-order chi connectivity index (χ1) is 16.5. The zero-order chi connectivity index (χ0) is 23.7. The van der Waals surface area contributed by atoms with E-state index in [1.165, 1.54) is 0 Å². The minimum atomic E-state index is -0.593. The molecule has 1 aromatic heterocycles. The van der Waals surface area contributed by atoms with Crippen molar-refractivity contribution >= 4 is 39.4 Å². The van der Waals surface area contributed by atoms with Gasteiger partial charge in [0, 0.05) is 16.6 Å². The molecule has 5 rings (SSSR count). The van der Waals surface area contributed by atoms with Crippen molar-refractivity contribution in [1.29, 1.82) is 0 Å². The van der Waals surface area contributed by atoms with Crippen LogP contribution in [0.4, 0.5) is 5.69 Å². The Kier molecular flexibility index (Phi) is 5.55. The van der Waals surface area contributed by atoms with Crippen LogP contribution in [0.5, 0.6) is 0 Å². The SMILES string of the molecule is Cc1ccc(NC(=O)COC(=O)c2cccc3cccc(-c4nc5ccccc5o4)c23)c(C)c1. The van der Waals surface area contributed by atoms with Gasteiger partial charge >= 0.3 is 5.97 Å². The van der Waals surface area contributed by atoms with Crippen LogP contribution in [0.15, 0.2) is 83.3 Å². The summed E-state index contributed by atoms with van der Waals surface area (Å²) in [7, 11) is 0. The molecular weight excluding hydrogens is 428 g/mol. The fourth-order valence-corrected chi connectivity index (χ4v) is 4.03. The van der Waals surface area contributed by atoms with E-state index >= 15 is 0 Å². The van der Waals surface area contributed by atoms with Gasteiger partial charge in [-0.15, -0.1) is 0 Å². The van der Waals surface area contributed by atoms with Gasteiger partial charge in [0.1, 0.15) is 5.52 Å². The molecular formula is C28H22N2O4. The van der Waals surface area contributed by atoms with E-state index in [0.29, 0.717) is 33.7 Å². The van der Waals surface area contributed by atoms with Crippen molar-refractivity contribution in [3.8, 4) is 11.5 Å². The third kappa shape index (κ3) is 4.13.